The molecule has 0 saturated heterocycles. The number of methoxy groups -OCH3 is 1. The highest BCUT2D eigenvalue weighted by Crippen LogP contribution is 2.26. The lowest BCUT2D eigenvalue weighted by Gasteiger charge is -2.14. The van der Waals surface area contributed by atoms with Crippen molar-refractivity contribution in [2.45, 2.75) is 32.2 Å². The number of nitrogens with one attached hydrogen (secondary N) is 1. The minimum atomic E-state index is 0.653. The summed E-state index contributed by atoms with van der Waals surface area (Å²) in [5.41, 5.74) is 0. The molecule has 1 atom stereocenters. The molecule has 1 N–H and O–H groups in total. The second kappa shape index (κ2) is 6.64. The summed E-state index contributed by atoms with van der Waals surface area (Å²) in [6.45, 7) is 4.11. The first-order chi connectivity index (χ1) is 8.79. The number of hydrogen-bond donors (Lipinski definition) is 1. The lowest BCUT2D eigenvalue weighted by atomic mass is 10.1. The summed E-state index contributed by atoms with van der Waals surface area (Å²) in [5, 5.41) is 3.55. The minimum absolute atomic E-state index is 0.653. The van der Waals surface area contributed by atoms with Crippen LogP contribution in [0.3, 0.4) is 0 Å². The van der Waals surface area contributed by atoms with E-state index in [-0.39, 0.29) is 0 Å². The lowest BCUT2D eigenvalue weighted by Crippen LogP contribution is -2.24. The first kappa shape index (κ1) is 13.2. The van der Waals surface area contributed by atoms with E-state index in [4.69, 9.17) is 9.47 Å². The molecule has 1 aliphatic carbocycles. The first-order valence-electron chi connectivity index (χ1n) is 6.79. The Hall–Kier alpha value is -1.22. The smallest absolute Gasteiger partial charge is 0.161 e. The zero-order valence-corrected chi connectivity index (χ0v) is 11.3. The fourth-order valence-corrected chi connectivity index (χ4v) is 1.87. The van der Waals surface area contributed by atoms with Crippen molar-refractivity contribution in [2.24, 2.45) is 5.92 Å². The molecule has 1 saturated carbocycles. The molecule has 0 spiro atoms. The molecule has 0 aromatic heterocycles. The highest BCUT2D eigenvalue weighted by Gasteiger charge is 2.20. The second-order valence-electron chi connectivity index (χ2n) is 5.08. The van der Waals surface area contributed by atoms with Crippen molar-refractivity contribution in [2.75, 3.05) is 20.3 Å². The van der Waals surface area contributed by atoms with Crippen LogP contribution in [-0.2, 0) is 0 Å². The first-order valence-corrected chi connectivity index (χ1v) is 6.79. The van der Waals surface area contributed by atoms with Gasteiger partial charge in [0.1, 0.15) is 0 Å². The Morgan fingerprint density at radius 3 is 2.67 bits per heavy atom. The van der Waals surface area contributed by atoms with Gasteiger partial charge in [0.05, 0.1) is 13.7 Å². The van der Waals surface area contributed by atoms with Crippen LogP contribution in [0.25, 0.3) is 0 Å². The van der Waals surface area contributed by atoms with Crippen molar-refractivity contribution in [3.63, 3.8) is 0 Å². The van der Waals surface area contributed by atoms with Crippen LogP contribution in [0.15, 0.2) is 24.3 Å². The van der Waals surface area contributed by atoms with Gasteiger partial charge in [-0.2, -0.15) is 0 Å². The summed E-state index contributed by atoms with van der Waals surface area (Å²) in [7, 11) is 1.67. The standard InChI is InChI=1S/C15H23NO2/c1-12(11-16-13-7-8-13)9-10-18-15-6-4-3-5-14(15)17-2/h3-6,12-13,16H,7-11H2,1-2H3. The van der Waals surface area contributed by atoms with Crippen LogP contribution < -0.4 is 14.8 Å². The van der Waals surface area contributed by atoms with Gasteiger partial charge >= 0.3 is 0 Å². The Morgan fingerprint density at radius 1 is 1.28 bits per heavy atom. The van der Waals surface area contributed by atoms with Crippen LogP contribution in [0.4, 0.5) is 0 Å². The Bertz CT molecular complexity index is 363. The van der Waals surface area contributed by atoms with E-state index in [9.17, 15) is 0 Å². The average molecular weight is 249 g/mol. The third kappa shape index (κ3) is 4.22. The summed E-state index contributed by atoms with van der Waals surface area (Å²) in [5.74, 6) is 2.30. The lowest BCUT2D eigenvalue weighted by molar-refractivity contribution is 0.266. The van der Waals surface area contributed by atoms with E-state index in [0.717, 1.165) is 37.1 Å². The van der Waals surface area contributed by atoms with E-state index in [2.05, 4.69) is 12.2 Å². The van der Waals surface area contributed by atoms with Crippen molar-refractivity contribution in [3.05, 3.63) is 24.3 Å². The molecule has 0 heterocycles. The number of para-hydroxylation sites is 2. The maximum absolute atomic E-state index is 5.77. The quantitative estimate of drug-likeness (QED) is 0.768. The summed E-state index contributed by atoms with van der Waals surface area (Å²) in [6.07, 6.45) is 3.77. The predicted octanol–water partition coefficient (Wildman–Crippen LogP) is 2.85. The molecule has 3 nitrogen and oxygen atoms in total. The average Bonchev–Trinajstić information content (AvgIpc) is 3.21. The third-order valence-corrected chi connectivity index (χ3v) is 3.27. The summed E-state index contributed by atoms with van der Waals surface area (Å²) in [6, 6.07) is 8.59. The van der Waals surface area contributed by atoms with Gasteiger partial charge in [-0.1, -0.05) is 19.1 Å². The highest BCUT2D eigenvalue weighted by molar-refractivity contribution is 5.39. The van der Waals surface area contributed by atoms with Gasteiger partial charge in [-0.3, -0.25) is 0 Å². The topological polar surface area (TPSA) is 30.5 Å². The van der Waals surface area contributed by atoms with Gasteiger partial charge < -0.3 is 14.8 Å². The predicted molar refractivity (Wildman–Crippen MR) is 73.3 cm³/mol. The van der Waals surface area contributed by atoms with Gasteiger partial charge in [0.15, 0.2) is 11.5 Å². The van der Waals surface area contributed by atoms with E-state index in [1.165, 1.54) is 12.8 Å². The van der Waals surface area contributed by atoms with Crippen molar-refractivity contribution in [3.8, 4) is 11.5 Å². The maximum atomic E-state index is 5.77. The Morgan fingerprint density at radius 2 is 2.00 bits per heavy atom. The van der Waals surface area contributed by atoms with Crippen molar-refractivity contribution in [1.82, 2.24) is 5.32 Å². The fourth-order valence-electron chi connectivity index (χ4n) is 1.87. The van der Waals surface area contributed by atoms with Gasteiger partial charge in [0.2, 0.25) is 0 Å². The zero-order chi connectivity index (χ0) is 12.8. The molecule has 0 bridgehead atoms. The molecule has 1 aliphatic rings. The Balaban J connectivity index is 1.66. The van der Waals surface area contributed by atoms with Gasteiger partial charge in [0, 0.05) is 6.04 Å². The zero-order valence-electron chi connectivity index (χ0n) is 11.3. The molecule has 2 rings (SSSR count). The summed E-state index contributed by atoms with van der Waals surface area (Å²) in [4.78, 5) is 0. The van der Waals surface area contributed by atoms with Crippen molar-refractivity contribution < 1.29 is 9.47 Å². The van der Waals surface area contributed by atoms with E-state index in [1.54, 1.807) is 7.11 Å². The van der Waals surface area contributed by atoms with E-state index in [0.29, 0.717) is 5.92 Å². The molecule has 100 valence electrons. The van der Waals surface area contributed by atoms with Crippen LogP contribution in [0, 0.1) is 5.92 Å². The molecule has 1 unspecified atom stereocenters. The van der Waals surface area contributed by atoms with Gasteiger partial charge in [0.25, 0.3) is 0 Å². The molecule has 1 aromatic rings. The molecule has 1 aromatic carbocycles. The van der Waals surface area contributed by atoms with Crippen LogP contribution >= 0.6 is 0 Å². The molecule has 0 radical (unpaired) electrons. The minimum Gasteiger partial charge on any atom is -0.493 e. The van der Waals surface area contributed by atoms with Gasteiger partial charge in [-0.25, -0.2) is 0 Å². The fraction of sp³-hybridized carbons (Fsp3) is 0.600. The summed E-state index contributed by atoms with van der Waals surface area (Å²) < 4.78 is 11.0. The highest BCUT2D eigenvalue weighted by atomic mass is 16.5. The maximum Gasteiger partial charge on any atom is 0.161 e. The number of rotatable bonds is 8. The second-order valence-corrected chi connectivity index (χ2v) is 5.08. The largest absolute Gasteiger partial charge is 0.493 e. The van der Waals surface area contributed by atoms with Crippen molar-refractivity contribution in [1.29, 1.82) is 0 Å². The molecular weight excluding hydrogens is 226 g/mol. The van der Waals surface area contributed by atoms with Crippen molar-refractivity contribution >= 4 is 0 Å². The molecule has 0 amide bonds. The van der Waals surface area contributed by atoms with Crippen LogP contribution in [-0.4, -0.2) is 26.3 Å². The van der Waals surface area contributed by atoms with Crippen LogP contribution in [0.1, 0.15) is 26.2 Å². The molecular formula is C15H23NO2. The number of benzene rings is 1. The van der Waals surface area contributed by atoms with Crippen LogP contribution in [0.5, 0.6) is 11.5 Å². The van der Waals surface area contributed by atoms with E-state index >= 15 is 0 Å². The van der Waals surface area contributed by atoms with E-state index in [1.807, 2.05) is 24.3 Å². The molecule has 18 heavy (non-hydrogen) atoms. The van der Waals surface area contributed by atoms with Gasteiger partial charge in [-0.05, 0) is 43.9 Å². The van der Waals surface area contributed by atoms with Crippen LogP contribution in [0.2, 0.25) is 0 Å². The molecule has 1 fully saturated rings. The monoisotopic (exact) mass is 249 g/mol. The van der Waals surface area contributed by atoms with E-state index < -0.39 is 0 Å². The molecule has 0 aliphatic heterocycles. The summed E-state index contributed by atoms with van der Waals surface area (Å²) >= 11 is 0. The normalized spacial score (nSPS) is 16.3. The third-order valence-electron chi connectivity index (χ3n) is 3.27. The number of ether oxygens (including phenoxy) is 2. The Kier molecular flexibility index (Phi) is 4.88. The Labute approximate surface area is 109 Å². The number of hydrogen-bond acceptors (Lipinski definition) is 3. The molecule has 3 heteroatoms. The van der Waals surface area contributed by atoms with Gasteiger partial charge in [-0.15, -0.1) is 0 Å². The SMILES string of the molecule is COc1ccccc1OCCC(C)CNC1CC1.